The Morgan fingerprint density at radius 1 is 0.893 bits per heavy atom. The third-order valence-electron chi connectivity index (χ3n) is 3.87. The monoisotopic (exact) mass is 469 g/mol. The van der Waals surface area contributed by atoms with Gasteiger partial charge in [0, 0.05) is 16.8 Å². The molecule has 0 spiro atoms. The molecule has 0 fully saturated rings. The van der Waals surface area contributed by atoms with Crippen molar-refractivity contribution >= 4 is 28.9 Å². The number of pyridine rings is 1. The number of halogens is 2. The number of aromatic nitrogens is 3. The normalized spacial score (nSPS) is 11.1. The molecule has 1 radical (unpaired) electrons. The van der Waals surface area contributed by atoms with E-state index in [2.05, 4.69) is 15.0 Å². The largest absolute Gasteiger partial charge is 0.443 e. The standard InChI is InChI=1S/C17H16Cl2N4O4.Co/c1-7(2)9-5-26-16(20-9)13-11(18)15(23(24)25)12(19)14(22-13)17-21-10(6-27-17)8(3)4;/h5-8H,1-4H3;. The van der Waals surface area contributed by atoms with Gasteiger partial charge < -0.3 is 8.83 Å². The average molecular weight is 470 g/mol. The molecule has 3 heterocycles. The van der Waals surface area contributed by atoms with Crippen molar-refractivity contribution in [1.29, 1.82) is 0 Å². The third-order valence-corrected chi connectivity index (χ3v) is 4.59. The first-order valence-electron chi connectivity index (χ1n) is 8.15. The smallest absolute Gasteiger partial charge is 0.311 e. The van der Waals surface area contributed by atoms with E-state index >= 15 is 0 Å². The fraction of sp³-hybridized carbons (Fsp3) is 0.353. The van der Waals surface area contributed by atoms with E-state index < -0.39 is 10.6 Å². The van der Waals surface area contributed by atoms with Gasteiger partial charge in [-0.05, 0) is 11.8 Å². The van der Waals surface area contributed by atoms with Crippen molar-refractivity contribution in [3.63, 3.8) is 0 Å². The zero-order valence-electron chi connectivity index (χ0n) is 15.3. The van der Waals surface area contributed by atoms with Crippen LogP contribution in [0.4, 0.5) is 5.69 Å². The van der Waals surface area contributed by atoms with Crippen molar-refractivity contribution in [1.82, 2.24) is 15.0 Å². The van der Waals surface area contributed by atoms with Gasteiger partial charge in [-0.3, -0.25) is 10.1 Å². The minimum Gasteiger partial charge on any atom is -0.443 e. The zero-order valence-corrected chi connectivity index (χ0v) is 17.9. The minimum atomic E-state index is -0.683. The van der Waals surface area contributed by atoms with Gasteiger partial charge in [0.25, 0.3) is 0 Å². The van der Waals surface area contributed by atoms with E-state index in [1.54, 1.807) is 0 Å². The first-order chi connectivity index (χ1) is 12.7. The molecule has 0 aliphatic rings. The molecule has 3 aromatic heterocycles. The van der Waals surface area contributed by atoms with Gasteiger partial charge in [-0.1, -0.05) is 50.9 Å². The molecule has 0 saturated heterocycles. The molecule has 0 aliphatic carbocycles. The molecule has 0 saturated carbocycles. The van der Waals surface area contributed by atoms with Gasteiger partial charge in [-0.2, -0.15) is 0 Å². The molecule has 0 aliphatic heterocycles. The number of hydrogen-bond donors (Lipinski definition) is 0. The van der Waals surface area contributed by atoms with Gasteiger partial charge in [0.15, 0.2) is 21.4 Å². The number of oxazole rings is 2. The SMILES string of the molecule is CC(C)c1coc(-c2nc(-c3nc(C(C)C)co3)c(Cl)c([N+](=O)[O-])c2Cl)n1.[Co]. The quantitative estimate of drug-likeness (QED) is 0.340. The summed E-state index contributed by atoms with van der Waals surface area (Å²) >= 11 is 12.4. The van der Waals surface area contributed by atoms with Gasteiger partial charge in [0.2, 0.25) is 11.8 Å². The predicted octanol–water partition coefficient (Wildman–Crippen LogP) is 5.85. The summed E-state index contributed by atoms with van der Waals surface area (Å²) in [5.41, 5.74) is 0.824. The summed E-state index contributed by atoms with van der Waals surface area (Å²) in [4.78, 5) is 23.8. The third kappa shape index (κ3) is 4.07. The Bertz CT molecular complexity index is 946. The van der Waals surface area contributed by atoms with Gasteiger partial charge in [0.05, 0.1) is 16.3 Å². The molecule has 0 bridgehead atoms. The Morgan fingerprint density at radius 2 is 1.29 bits per heavy atom. The molecular formula is C17H16Cl2CoN4O4. The van der Waals surface area contributed by atoms with E-state index in [9.17, 15) is 10.1 Å². The van der Waals surface area contributed by atoms with Crippen LogP contribution < -0.4 is 0 Å². The molecule has 3 aromatic rings. The van der Waals surface area contributed by atoms with Crippen LogP contribution in [0.5, 0.6) is 0 Å². The maximum Gasteiger partial charge on any atom is 0.311 e. The molecule has 151 valence electrons. The summed E-state index contributed by atoms with van der Waals surface area (Å²) in [6.07, 6.45) is 2.92. The molecule has 0 N–H and O–H groups in total. The van der Waals surface area contributed by atoms with Crippen molar-refractivity contribution in [3.05, 3.63) is 44.1 Å². The molecule has 8 nitrogen and oxygen atoms in total. The van der Waals surface area contributed by atoms with Crippen LogP contribution in [0, 0.1) is 10.1 Å². The van der Waals surface area contributed by atoms with Crippen LogP contribution in [0.2, 0.25) is 10.0 Å². The molecule has 0 unspecified atom stereocenters. The first kappa shape index (κ1) is 22.3. The first-order valence-corrected chi connectivity index (χ1v) is 8.91. The second-order valence-electron chi connectivity index (χ2n) is 6.51. The Labute approximate surface area is 181 Å². The van der Waals surface area contributed by atoms with E-state index in [1.165, 1.54) is 12.5 Å². The van der Waals surface area contributed by atoms with Crippen LogP contribution in [-0.4, -0.2) is 19.9 Å². The summed E-state index contributed by atoms with van der Waals surface area (Å²) in [5, 5.41) is 11.0. The molecule has 0 amide bonds. The fourth-order valence-electron chi connectivity index (χ4n) is 2.29. The van der Waals surface area contributed by atoms with Crippen molar-refractivity contribution < 1.29 is 30.5 Å². The Morgan fingerprint density at radius 3 is 1.57 bits per heavy atom. The zero-order chi connectivity index (χ0) is 19.9. The van der Waals surface area contributed by atoms with Crippen molar-refractivity contribution in [2.45, 2.75) is 39.5 Å². The van der Waals surface area contributed by atoms with Gasteiger partial charge in [0.1, 0.15) is 12.5 Å². The van der Waals surface area contributed by atoms with Crippen LogP contribution in [0.15, 0.2) is 21.4 Å². The van der Waals surface area contributed by atoms with E-state index in [0.717, 1.165) is 0 Å². The summed E-state index contributed by atoms with van der Waals surface area (Å²) in [5.74, 6) is 0.312. The van der Waals surface area contributed by atoms with Crippen LogP contribution in [0.3, 0.4) is 0 Å². The van der Waals surface area contributed by atoms with Crippen molar-refractivity contribution in [2.24, 2.45) is 0 Å². The summed E-state index contributed by atoms with van der Waals surface area (Å²) < 4.78 is 10.9. The molecule has 0 aromatic carbocycles. The number of nitro groups is 1. The second-order valence-corrected chi connectivity index (χ2v) is 7.26. The Balaban J connectivity index is 0.00000280. The minimum absolute atomic E-state index is 0. The van der Waals surface area contributed by atoms with Crippen LogP contribution >= 0.6 is 23.2 Å². The second kappa shape index (κ2) is 8.60. The van der Waals surface area contributed by atoms with Gasteiger partial charge in [-0.25, -0.2) is 15.0 Å². The van der Waals surface area contributed by atoms with Gasteiger partial charge in [-0.15, -0.1) is 0 Å². The fourth-order valence-corrected chi connectivity index (χ4v) is 2.92. The Kier molecular flexibility index (Phi) is 6.87. The summed E-state index contributed by atoms with van der Waals surface area (Å²) in [7, 11) is 0. The van der Waals surface area contributed by atoms with E-state index in [4.69, 9.17) is 32.0 Å². The Hall–Kier alpha value is -1.94. The molecule has 0 atom stereocenters. The van der Waals surface area contributed by atoms with Crippen molar-refractivity contribution in [3.8, 4) is 23.2 Å². The van der Waals surface area contributed by atoms with E-state index in [-0.39, 0.29) is 61.8 Å². The molecule has 28 heavy (non-hydrogen) atoms. The topological polar surface area (TPSA) is 108 Å². The van der Waals surface area contributed by atoms with E-state index in [1.807, 2.05) is 27.7 Å². The number of hydrogen-bond acceptors (Lipinski definition) is 7. The van der Waals surface area contributed by atoms with Crippen LogP contribution in [0.1, 0.15) is 50.9 Å². The predicted molar refractivity (Wildman–Crippen MR) is 100 cm³/mol. The molecule has 11 heteroatoms. The maximum atomic E-state index is 11.5. The maximum absolute atomic E-state index is 11.5. The van der Waals surface area contributed by atoms with Crippen molar-refractivity contribution in [2.75, 3.05) is 0 Å². The average Bonchev–Trinajstić information content (AvgIpc) is 3.24. The van der Waals surface area contributed by atoms with Gasteiger partial charge >= 0.3 is 5.69 Å². The summed E-state index contributed by atoms with van der Waals surface area (Å²) in [6.45, 7) is 7.75. The summed E-state index contributed by atoms with van der Waals surface area (Å²) in [6, 6.07) is 0. The number of nitrogens with zero attached hydrogens (tertiary/aromatic N) is 4. The van der Waals surface area contributed by atoms with Crippen LogP contribution in [-0.2, 0) is 16.8 Å². The van der Waals surface area contributed by atoms with E-state index in [0.29, 0.717) is 11.4 Å². The molecule has 3 rings (SSSR count). The number of rotatable bonds is 5. The van der Waals surface area contributed by atoms with Crippen LogP contribution in [0.25, 0.3) is 23.2 Å². The molecular weight excluding hydrogens is 454 g/mol.